The summed E-state index contributed by atoms with van der Waals surface area (Å²) in [5.74, 6) is 3.19. The highest BCUT2D eigenvalue weighted by Crippen LogP contribution is 2.54. The van der Waals surface area contributed by atoms with Crippen LogP contribution in [0.25, 0.3) is 0 Å². The molecule has 0 radical (unpaired) electrons. The zero-order chi connectivity index (χ0) is 14.6. The third-order valence-electron chi connectivity index (χ3n) is 5.61. The normalized spacial score (nSPS) is 37.8. The maximum Gasteiger partial charge on any atom is 0.433 e. The second-order valence-corrected chi connectivity index (χ2v) is 7.03. The molecule has 4 fully saturated rings. The average molecular weight is 296 g/mol. The lowest BCUT2D eigenvalue weighted by atomic mass is 9.54. The minimum Gasteiger partial charge on any atom is -0.381 e. The Morgan fingerprint density at radius 1 is 0.952 bits per heavy atom. The fourth-order valence-electron chi connectivity index (χ4n) is 5.00. The Hall–Kier alpha value is -1.26. The summed E-state index contributed by atoms with van der Waals surface area (Å²) in [5, 5.41) is 3.47. The Balaban J connectivity index is 1.49. The van der Waals surface area contributed by atoms with E-state index in [1.54, 1.807) is 0 Å². The van der Waals surface area contributed by atoms with Gasteiger partial charge in [-0.25, -0.2) is 4.98 Å². The molecule has 5 heteroatoms. The molecule has 0 spiro atoms. The standard InChI is InChI=1S/C16H19F3N2/c17-16(18,19)14-2-1-13(8-20-14)21-15-11-4-9-3-10(6-11)7-12(15)5-9/h1-2,8-12,15,21H,3-7H2. The number of nitrogens with one attached hydrogen (secondary N) is 1. The van der Waals surface area contributed by atoms with Crippen LogP contribution in [0.2, 0.25) is 0 Å². The van der Waals surface area contributed by atoms with Crippen LogP contribution in [0.1, 0.15) is 37.8 Å². The van der Waals surface area contributed by atoms with E-state index in [1.807, 2.05) is 0 Å². The third-order valence-corrected chi connectivity index (χ3v) is 5.61. The van der Waals surface area contributed by atoms with Gasteiger partial charge in [0.15, 0.2) is 0 Å². The summed E-state index contributed by atoms with van der Waals surface area (Å²) in [6, 6.07) is 3.01. The van der Waals surface area contributed by atoms with Gasteiger partial charge < -0.3 is 5.32 Å². The van der Waals surface area contributed by atoms with Crippen LogP contribution in [0.5, 0.6) is 0 Å². The number of alkyl halides is 3. The molecule has 0 aliphatic heterocycles. The molecule has 1 aromatic rings. The van der Waals surface area contributed by atoms with Gasteiger partial charge in [0.2, 0.25) is 0 Å². The van der Waals surface area contributed by atoms with Gasteiger partial charge in [-0.3, -0.25) is 0 Å². The van der Waals surface area contributed by atoms with E-state index < -0.39 is 11.9 Å². The van der Waals surface area contributed by atoms with Crippen LogP contribution in [0, 0.1) is 23.7 Å². The number of pyridine rings is 1. The maximum absolute atomic E-state index is 12.5. The van der Waals surface area contributed by atoms with Crippen LogP contribution in [0.3, 0.4) is 0 Å². The molecule has 4 bridgehead atoms. The molecular formula is C16H19F3N2. The van der Waals surface area contributed by atoms with E-state index in [0.717, 1.165) is 23.6 Å². The van der Waals surface area contributed by atoms with Gasteiger partial charge >= 0.3 is 6.18 Å². The summed E-state index contributed by atoms with van der Waals surface area (Å²) in [6.45, 7) is 0. The van der Waals surface area contributed by atoms with Crippen molar-refractivity contribution < 1.29 is 13.2 Å². The Morgan fingerprint density at radius 3 is 2.05 bits per heavy atom. The monoisotopic (exact) mass is 296 g/mol. The van der Waals surface area contributed by atoms with Gasteiger partial charge in [-0.15, -0.1) is 0 Å². The van der Waals surface area contributed by atoms with Crippen molar-refractivity contribution in [3.8, 4) is 0 Å². The first kappa shape index (κ1) is 13.4. The van der Waals surface area contributed by atoms with E-state index in [4.69, 9.17) is 0 Å². The Labute approximate surface area is 122 Å². The van der Waals surface area contributed by atoms with Crippen molar-refractivity contribution in [1.29, 1.82) is 0 Å². The molecule has 4 saturated carbocycles. The minimum absolute atomic E-state index is 0.427. The van der Waals surface area contributed by atoms with Crippen molar-refractivity contribution in [2.45, 2.75) is 44.3 Å². The first-order chi connectivity index (χ1) is 9.99. The number of halogens is 3. The molecule has 1 N–H and O–H groups in total. The number of hydrogen-bond donors (Lipinski definition) is 1. The second-order valence-electron chi connectivity index (χ2n) is 7.03. The van der Waals surface area contributed by atoms with Crippen molar-refractivity contribution in [2.75, 3.05) is 5.32 Å². The van der Waals surface area contributed by atoms with Crippen LogP contribution in [-0.2, 0) is 6.18 Å². The molecule has 0 atom stereocenters. The topological polar surface area (TPSA) is 24.9 Å². The van der Waals surface area contributed by atoms with Gasteiger partial charge in [-0.1, -0.05) is 0 Å². The van der Waals surface area contributed by atoms with Crippen molar-refractivity contribution in [2.24, 2.45) is 23.7 Å². The van der Waals surface area contributed by atoms with Crippen LogP contribution in [-0.4, -0.2) is 11.0 Å². The van der Waals surface area contributed by atoms with Crippen LogP contribution in [0.4, 0.5) is 18.9 Å². The van der Waals surface area contributed by atoms with Crippen molar-refractivity contribution in [3.05, 3.63) is 24.0 Å². The zero-order valence-electron chi connectivity index (χ0n) is 11.7. The second kappa shape index (κ2) is 4.62. The van der Waals surface area contributed by atoms with Crippen LogP contribution in [0.15, 0.2) is 18.3 Å². The molecule has 4 aliphatic carbocycles. The SMILES string of the molecule is FC(F)(F)c1ccc(NC2C3CC4CC(C3)CC2C4)cn1. The van der Waals surface area contributed by atoms with Crippen molar-refractivity contribution in [3.63, 3.8) is 0 Å². The summed E-state index contributed by atoms with van der Waals surface area (Å²) < 4.78 is 37.6. The van der Waals surface area contributed by atoms with E-state index in [-0.39, 0.29) is 0 Å². The van der Waals surface area contributed by atoms with E-state index in [9.17, 15) is 13.2 Å². The Kier molecular flexibility index (Phi) is 2.95. The van der Waals surface area contributed by atoms with Gasteiger partial charge in [0, 0.05) is 6.04 Å². The summed E-state index contributed by atoms with van der Waals surface area (Å²) in [7, 11) is 0. The smallest absolute Gasteiger partial charge is 0.381 e. The molecule has 21 heavy (non-hydrogen) atoms. The van der Waals surface area contributed by atoms with E-state index in [1.165, 1.54) is 44.4 Å². The number of nitrogens with zero attached hydrogens (tertiary/aromatic N) is 1. The van der Waals surface area contributed by atoms with Crippen LogP contribution >= 0.6 is 0 Å². The summed E-state index contributed by atoms with van der Waals surface area (Å²) in [4.78, 5) is 3.55. The molecule has 4 aliphatic rings. The van der Waals surface area contributed by atoms with Gasteiger partial charge in [0.05, 0.1) is 11.9 Å². The lowest BCUT2D eigenvalue weighted by molar-refractivity contribution is -0.141. The Morgan fingerprint density at radius 2 is 1.57 bits per heavy atom. The fraction of sp³-hybridized carbons (Fsp3) is 0.688. The average Bonchev–Trinajstić information content (AvgIpc) is 2.41. The van der Waals surface area contributed by atoms with Gasteiger partial charge in [-0.05, 0) is 67.9 Å². The number of rotatable bonds is 2. The molecule has 1 aromatic heterocycles. The first-order valence-electron chi connectivity index (χ1n) is 7.79. The van der Waals surface area contributed by atoms with E-state index >= 15 is 0 Å². The zero-order valence-corrected chi connectivity index (χ0v) is 11.7. The minimum atomic E-state index is -4.36. The first-order valence-corrected chi connectivity index (χ1v) is 7.79. The van der Waals surface area contributed by atoms with Gasteiger partial charge in [0.25, 0.3) is 0 Å². The van der Waals surface area contributed by atoms with Gasteiger partial charge in [0.1, 0.15) is 5.69 Å². The molecule has 114 valence electrons. The molecule has 0 saturated heterocycles. The number of aromatic nitrogens is 1. The highest BCUT2D eigenvalue weighted by atomic mass is 19.4. The third kappa shape index (κ3) is 2.40. The molecule has 2 nitrogen and oxygen atoms in total. The molecule has 1 heterocycles. The van der Waals surface area contributed by atoms with E-state index in [0.29, 0.717) is 17.9 Å². The molecule has 5 rings (SSSR count). The van der Waals surface area contributed by atoms with Gasteiger partial charge in [-0.2, -0.15) is 13.2 Å². The van der Waals surface area contributed by atoms with E-state index in [2.05, 4.69) is 10.3 Å². The lowest BCUT2D eigenvalue weighted by Crippen LogP contribution is -2.51. The number of hydrogen-bond acceptors (Lipinski definition) is 2. The highest BCUT2D eigenvalue weighted by molar-refractivity contribution is 5.43. The Bertz CT molecular complexity index is 495. The summed E-state index contributed by atoms with van der Waals surface area (Å²) >= 11 is 0. The predicted octanol–water partition coefficient (Wildman–Crippen LogP) is 4.34. The predicted molar refractivity (Wildman–Crippen MR) is 73.7 cm³/mol. The summed E-state index contributed by atoms with van der Waals surface area (Å²) in [6.07, 6.45) is 3.53. The highest BCUT2D eigenvalue weighted by Gasteiger charge is 2.48. The lowest BCUT2D eigenvalue weighted by Gasteiger charge is -2.54. The molecule has 0 aromatic carbocycles. The quantitative estimate of drug-likeness (QED) is 0.878. The molecule has 0 amide bonds. The summed E-state index contributed by atoms with van der Waals surface area (Å²) in [5.41, 5.74) is -0.0985. The number of anilines is 1. The molecular weight excluding hydrogens is 277 g/mol. The van der Waals surface area contributed by atoms with Crippen LogP contribution < -0.4 is 5.32 Å². The fourth-order valence-corrected chi connectivity index (χ4v) is 5.00. The maximum atomic E-state index is 12.5. The van der Waals surface area contributed by atoms with Crippen molar-refractivity contribution in [1.82, 2.24) is 4.98 Å². The van der Waals surface area contributed by atoms with Crippen molar-refractivity contribution >= 4 is 5.69 Å². The largest absolute Gasteiger partial charge is 0.433 e. The molecule has 0 unspecified atom stereocenters.